The topological polar surface area (TPSA) is 41.1 Å². The van der Waals surface area contributed by atoms with Crippen molar-refractivity contribution in [3.05, 3.63) is 5.01 Å². The van der Waals surface area contributed by atoms with Crippen molar-refractivity contribution in [2.75, 3.05) is 37.5 Å². The van der Waals surface area contributed by atoms with Gasteiger partial charge in [0.2, 0.25) is 5.13 Å². The zero-order valence-electron chi connectivity index (χ0n) is 10.2. The fraction of sp³-hybridized carbons (Fsp3) is 0.800. The van der Waals surface area contributed by atoms with Crippen molar-refractivity contribution < 1.29 is 0 Å². The van der Waals surface area contributed by atoms with Gasteiger partial charge in [0.15, 0.2) is 0 Å². The largest absolute Gasteiger partial charge is 0.360 e. The zero-order chi connectivity index (χ0) is 11.8. The third-order valence-corrected chi connectivity index (χ3v) is 3.53. The first-order valence-corrected chi connectivity index (χ1v) is 7.71. The monoisotopic (exact) mass is 260 g/mol. The Bertz CT molecular complexity index is 290. The summed E-state index contributed by atoms with van der Waals surface area (Å²) < 4.78 is 0. The molecule has 0 amide bonds. The van der Waals surface area contributed by atoms with Gasteiger partial charge >= 0.3 is 0 Å². The van der Waals surface area contributed by atoms with E-state index >= 15 is 0 Å². The molecule has 0 saturated carbocycles. The molecule has 0 saturated heterocycles. The Balaban J connectivity index is 2.33. The fourth-order valence-electron chi connectivity index (χ4n) is 1.18. The van der Waals surface area contributed by atoms with Gasteiger partial charge in [0.1, 0.15) is 5.01 Å². The minimum atomic E-state index is 0.895. The number of anilines is 1. The Morgan fingerprint density at radius 3 is 2.94 bits per heavy atom. The van der Waals surface area contributed by atoms with E-state index in [-0.39, 0.29) is 0 Å². The Kier molecular flexibility index (Phi) is 6.75. The molecule has 0 unspecified atom stereocenters. The van der Waals surface area contributed by atoms with Crippen LogP contribution in [0.2, 0.25) is 0 Å². The lowest BCUT2D eigenvalue weighted by molar-refractivity contribution is 0.347. The molecule has 92 valence electrons. The van der Waals surface area contributed by atoms with Crippen LogP contribution in [-0.2, 0) is 6.54 Å². The number of thioether (sulfide) groups is 1. The average Bonchev–Trinajstić information content (AvgIpc) is 2.71. The van der Waals surface area contributed by atoms with E-state index in [1.54, 1.807) is 11.3 Å². The van der Waals surface area contributed by atoms with Crippen molar-refractivity contribution in [3.63, 3.8) is 0 Å². The van der Waals surface area contributed by atoms with Crippen LogP contribution < -0.4 is 5.32 Å². The summed E-state index contributed by atoms with van der Waals surface area (Å²) >= 11 is 3.52. The first-order valence-electron chi connectivity index (χ1n) is 5.50. The van der Waals surface area contributed by atoms with Gasteiger partial charge in [-0.1, -0.05) is 18.3 Å². The molecule has 0 radical (unpaired) electrons. The molecular formula is C10H20N4S2. The molecule has 1 aromatic rings. The van der Waals surface area contributed by atoms with Crippen LogP contribution >= 0.6 is 23.1 Å². The fourth-order valence-corrected chi connectivity index (χ4v) is 2.52. The number of aromatic nitrogens is 2. The second kappa shape index (κ2) is 7.86. The molecule has 0 aliphatic carbocycles. The van der Waals surface area contributed by atoms with Gasteiger partial charge in [0, 0.05) is 18.8 Å². The molecular weight excluding hydrogens is 240 g/mol. The normalized spacial score (nSPS) is 11.0. The van der Waals surface area contributed by atoms with Crippen LogP contribution in [0.15, 0.2) is 0 Å². The number of nitrogens with one attached hydrogen (secondary N) is 1. The second-order valence-electron chi connectivity index (χ2n) is 3.66. The molecule has 0 bridgehead atoms. The summed E-state index contributed by atoms with van der Waals surface area (Å²) in [4.78, 5) is 2.28. The molecule has 1 heterocycles. The lowest BCUT2D eigenvalue weighted by Gasteiger charge is -2.12. The molecule has 6 heteroatoms. The number of rotatable bonds is 8. The van der Waals surface area contributed by atoms with E-state index in [1.807, 2.05) is 11.8 Å². The summed E-state index contributed by atoms with van der Waals surface area (Å²) in [6.45, 7) is 5.10. The van der Waals surface area contributed by atoms with Crippen molar-refractivity contribution in [2.45, 2.75) is 19.9 Å². The van der Waals surface area contributed by atoms with Crippen molar-refractivity contribution in [1.82, 2.24) is 15.1 Å². The third kappa shape index (κ3) is 5.14. The Hall–Kier alpha value is -0.330. The van der Waals surface area contributed by atoms with E-state index < -0.39 is 0 Å². The Labute approximate surface area is 106 Å². The maximum Gasteiger partial charge on any atom is 0.205 e. The molecule has 4 nitrogen and oxygen atoms in total. The van der Waals surface area contributed by atoms with E-state index in [1.165, 1.54) is 0 Å². The molecule has 0 aliphatic heterocycles. The van der Waals surface area contributed by atoms with Crippen molar-refractivity contribution in [2.24, 2.45) is 0 Å². The predicted octanol–water partition coefficient (Wildman–Crippen LogP) is 2.15. The van der Waals surface area contributed by atoms with Gasteiger partial charge in [0.25, 0.3) is 0 Å². The molecule has 0 fully saturated rings. The Morgan fingerprint density at radius 1 is 1.44 bits per heavy atom. The van der Waals surface area contributed by atoms with Gasteiger partial charge in [0.05, 0.1) is 6.54 Å². The molecule has 0 aromatic carbocycles. The maximum absolute atomic E-state index is 4.17. The minimum absolute atomic E-state index is 0.895. The van der Waals surface area contributed by atoms with E-state index in [4.69, 9.17) is 0 Å². The summed E-state index contributed by atoms with van der Waals surface area (Å²) in [5.41, 5.74) is 0. The standard InChI is InChI=1S/C10H20N4S2/c1-4-5-11-10-13-12-9(16-10)8-14(2)6-7-15-3/h4-8H2,1-3H3,(H,11,13). The average molecular weight is 260 g/mol. The maximum atomic E-state index is 4.17. The van der Waals surface area contributed by atoms with E-state index in [0.717, 1.165) is 41.9 Å². The lowest BCUT2D eigenvalue weighted by atomic mass is 10.5. The molecule has 0 aliphatic rings. The van der Waals surface area contributed by atoms with Gasteiger partial charge in [-0.05, 0) is 19.7 Å². The van der Waals surface area contributed by atoms with Crippen LogP contribution in [-0.4, -0.2) is 47.2 Å². The van der Waals surface area contributed by atoms with Crippen molar-refractivity contribution in [3.8, 4) is 0 Å². The summed E-state index contributed by atoms with van der Waals surface area (Å²) in [6, 6.07) is 0. The van der Waals surface area contributed by atoms with Gasteiger partial charge in [-0.3, -0.25) is 4.90 Å². The first-order chi connectivity index (χ1) is 7.76. The van der Waals surface area contributed by atoms with Crippen LogP contribution in [0.4, 0.5) is 5.13 Å². The van der Waals surface area contributed by atoms with Crippen molar-refractivity contribution in [1.29, 1.82) is 0 Å². The van der Waals surface area contributed by atoms with Gasteiger partial charge in [-0.15, -0.1) is 10.2 Å². The smallest absolute Gasteiger partial charge is 0.205 e. The number of hydrogen-bond acceptors (Lipinski definition) is 6. The van der Waals surface area contributed by atoms with Crippen molar-refractivity contribution >= 4 is 28.2 Å². The molecule has 16 heavy (non-hydrogen) atoms. The second-order valence-corrected chi connectivity index (χ2v) is 5.71. The molecule has 1 aromatic heterocycles. The van der Waals surface area contributed by atoms with Crippen LogP contribution in [0.3, 0.4) is 0 Å². The summed E-state index contributed by atoms with van der Waals surface area (Å²) in [5.74, 6) is 1.16. The minimum Gasteiger partial charge on any atom is -0.360 e. The van der Waals surface area contributed by atoms with E-state index in [9.17, 15) is 0 Å². The van der Waals surface area contributed by atoms with Crippen LogP contribution in [0.5, 0.6) is 0 Å². The predicted molar refractivity (Wildman–Crippen MR) is 73.4 cm³/mol. The number of hydrogen-bond donors (Lipinski definition) is 1. The quantitative estimate of drug-likeness (QED) is 0.775. The Morgan fingerprint density at radius 2 is 2.25 bits per heavy atom. The van der Waals surface area contributed by atoms with Gasteiger partial charge < -0.3 is 5.32 Å². The highest BCUT2D eigenvalue weighted by atomic mass is 32.2. The highest BCUT2D eigenvalue weighted by molar-refractivity contribution is 7.98. The van der Waals surface area contributed by atoms with E-state index in [2.05, 4.69) is 40.6 Å². The summed E-state index contributed by atoms with van der Waals surface area (Å²) in [7, 11) is 2.12. The molecule has 0 atom stereocenters. The van der Waals surface area contributed by atoms with Crippen LogP contribution in [0.25, 0.3) is 0 Å². The third-order valence-electron chi connectivity index (χ3n) is 2.08. The van der Waals surface area contributed by atoms with Gasteiger partial charge in [-0.25, -0.2) is 0 Å². The highest BCUT2D eigenvalue weighted by Crippen LogP contribution is 2.16. The molecule has 1 rings (SSSR count). The summed E-state index contributed by atoms with van der Waals surface area (Å²) in [5, 5.41) is 13.6. The lowest BCUT2D eigenvalue weighted by Crippen LogP contribution is -2.20. The highest BCUT2D eigenvalue weighted by Gasteiger charge is 2.06. The zero-order valence-corrected chi connectivity index (χ0v) is 11.8. The first kappa shape index (κ1) is 13.7. The van der Waals surface area contributed by atoms with Crippen LogP contribution in [0.1, 0.15) is 18.4 Å². The molecule has 0 spiro atoms. The van der Waals surface area contributed by atoms with Gasteiger partial charge in [-0.2, -0.15) is 11.8 Å². The van der Waals surface area contributed by atoms with E-state index in [0.29, 0.717) is 0 Å². The summed E-state index contributed by atoms with van der Waals surface area (Å²) in [6.07, 6.45) is 3.24. The number of nitrogens with zero attached hydrogens (tertiary/aromatic N) is 3. The molecule has 1 N–H and O–H groups in total. The SMILES string of the molecule is CCCNc1nnc(CN(C)CCSC)s1. The van der Waals surface area contributed by atoms with Crippen LogP contribution in [0, 0.1) is 0 Å².